The summed E-state index contributed by atoms with van der Waals surface area (Å²) in [4.78, 5) is 0. The van der Waals surface area contributed by atoms with Crippen LogP contribution in [0.15, 0.2) is 30.3 Å². The molecule has 0 aliphatic carbocycles. The van der Waals surface area contributed by atoms with Crippen molar-refractivity contribution in [3.63, 3.8) is 0 Å². The van der Waals surface area contributed by atoms with Crippen LogP contribution in [0.5, 0.6) is 0 Å². The monoisotopic (exact) mass is 233 g/mol. The molecule has 1 heterocycles. The lowest BCUT2D eigenvalue weighted by molar-refractivity contribution is 0.569. The molecule has 1 atom stereocenters. The third-order valence-corrected chi connectivity index (χ3v) is 2.83. The van der Waals surface area contributed by atoms with E-state index >= 15 is 0 Å². The van der Waals surface area contributed by atoms with Crippen molar-refractivity contribution in [3.8, 4) is 0 Å². The van der Waals surface area contributed by atoms with Gasteiger partial charge in [0, 0.05) is 30.8 Å². The van der Waals surface area contributed by atoms with Gasteiger partial charge < -0.3 is 5.73 Å². The minimum Gasteiger partial charge on any atom is -0.324 e. The number of hydrogen-bond acceptors (Lipinski definition) is 2. The second-order valence-electron chi connectivity index (χ2n) is 4.23. The van der Waals surface area contributed by atoms with E-state index in [0.29, 0.717) is 12.0 Å². The Morgan fingerprint density at radius 1 is 1.41 bits per heavy atom. The summed E-state index contributed by atoms with van der Waals surface area (Å²) >= 11 is 0. The van der Waals surface area contributed by atoms with E-state index < -0.39 is 0 Å². The van der Waals surface area contributed by atoms with Gasteiger partial charge in [-0.3, -0.25) is 4.68 Å². The Bertz CT molecular complexity index is 519. The van der Waals surface area contributed by atoms with Crippen molar-refractivity contribution in [2.45, 2.75) is 19.4 Å². The smallest absolute Gasteiger partial charge is 0.127 e. The molecule has 0 amide bonds. The highest BCUT2D eigenvalue weighted by atomic mass is 19.1. The van der Waals surface area contributed by atoms with E-state index in [-0.39, 0.29) is 11.9 Å². The molecule has 17 heavy (non-hydrogen) atoms. The average molecular weight is 233 g/mol. The molecule has 1 aromatic carbocycles. The first-order chi connectivity index (χ1) is 8.08. The largest absolute Gasteiger partial charge is 0.324 e. The van der Waals surface area contributed by atoms with E-state index in [2.05, 4.69) is 5.10 Å². The van der Waals surface area contributed by atoms with E-state index in [4.69, 9.17) is 5.73 Å². The molecule has 0 aliphatic rings. The first-order valence-corrected chi connectivity index (χ1v) is 5.57. The summed E-state index contributed by atoms with van der Waals surface area (Å²) < 4.78 is 15.3. The van der Waals surface area contributed by atoms with Gasteiger partial charge >= 0.3 is 0 Å². The maximum Gasteiger partial charge on any atom is 0.127 e. The second-order valence-corrected chi connectivity index (χ2v) is 4.23. The minimum atomic E-state index is -0.342. The van der Waals surface area contributed by atoms with Gasteiger partial charge in [0.15, 0.2) is 0 Å². The number of nitrogens with zero attached hydrogens (tertiary/aromatic N) is 2. The molecular weight excluding hydrogens is 217 g/mol. The number of halogens is 1. The molecule has 4 heteroatoms. The molecule has 0 spiro atoms. The van der Waals surface area contributed by atoms with E-state index in [1.54, 1.807) is 22.9 Å². The van der Waals surface area contributed by atoms with Gasteiger partial charge in [-0.25, -0.2) is 4.39 Å². The lowest BCUT2D eigenvalue weighted by Gasteiger charge is -2.12. The molecule has 0 aliphatic heterocycles. The van der Waals surface area contributed by atoms with Crippen LogP contribution in [0.2, 0.25) is 0 Å². The quantitative estimate of drug-likeness (QED) is 0.882. The number of nitrogens with two attached hydrogens (primary N) is 1. The van der Waals surface area contributed by atoms with Gasteiger partial charge in [0.25, 0.3) is 0 Å². The predicted molar refractivity (Wildman–Crippen MR) is 65.0 cm³/mol. The van der Waals surface area contributed by atoms with Crippen molar-refractivity contribution in [1.29, 1.82) is 0 Å². The Labute approximate surface area is 100 Å². The standard InChI is InChI=1S/C13H16FN3/c1-9-7-10(17(2)16-9)8-13(15)11-5-3-4-6-12(11)14/h3-7,13H,8,15H2,1-2H3. The number of aromatic nitrogens is 2. The van der Waals surface area contributed by atoms with Crippen LogP contribution in [0.4, 0.5) is 4.39 Å². The number of benzene rings is 1. The first kappa shape index (κ1) is 11.8. The SMILES string of the molecule is Cc1cc(CC(N)c2ccccc2F)n(C)n1. The molecule has 0 fully saturated rings. The van der Waals surface area contributed by atoms with E-state index in [9.17, 15) is 4.39 Å². The van der Waals surface area contributed by atoms with Crippen LogP contribution in [0.3, 0.4) is 0 Å². The van der Waals surface area contributed by atoms with Crippen LogP contribution in [0.1, 0.15) is 23.0 Å². The average Bonchev–Trinajstić information content (AvgIpc) is 2.58. The zero-order valence-corrected chi connectivity index (χ0v) is 10.0. The summed E-state index contributed by atoms with van der Waals surface area (Å²) in [7, 11) is 1.87. The van der Waals surface area contributed by atoms with Crippen LogP contribution >= 0.6 is 0 Å². The van der Waals surface area contributed by atoms with Gasteiger partial charge in [-0.2, -0.15) is 5.10 Å². The minimum absolute atomic E-state index is 0.251. The second kappa shape index (κ2) is 4.67. The number of rotatable bonds is 3. The molecule has 3 nitrogen and oxygen atoms in total. The lowest BCUT2D eigenvalue weighted by Crippen LogP contribution is -2.16. The van der Waals surface area contributed by atoms with Gasteiger partial charge in [-0.1, -0.05) is 18.2 Å². The zero-order valence-electron chi connectivity index (χ0n) is 10.0. The topological polar surface area (TPSA) is 43.8 Å². The Balaban J connectivity index is 2.20. The zero-order chi connectivity index (χ0) is 12.4. The Morgan fingerprint density at radius 3 is 2.71 bits per heavy atom. The summed E-state index contributed by atoms with van der Waals surface area (Å²) in [6, 6.07) is 8.26. The molecule has 0 saturated carbocycles. The van der Waals surface area contributed by atoms with Crippen molar-refractivity contribution >= 4 is 0 Å². The molecular formula is C13H16FN3. The van der Waals surface area contributed by atoms with E-state index in [0.717, 1.165) is 11.4 Å². The van der Waals surface area contributed by atoms with Crippen LogP contribution < -0.4 is 5.73 Å². The van der Waals surface area contributed by atoms with Crippen molar-refractivity contribution in [1.82, 2.24) is 9.78 Å². The fourth-order valence-corrected chi connectivity index (χ4v) is 1.97. The van der Waals surface area contributed by atoms with Crippen molar-refractivity contribution in [2.24, 2.45) is 12.8 Å². The van der Waals surface area contributed by atoms with Gasteiger partial charge in [0.1, 0.15) is 5.82 Å². The van der Waals surface area contributed by atoms with Crippen molar-refractivity contribution < 1.29 is 4.39 Å². The highest BCUT2D eigenvalue weighted by molar-refractivity contribution is 5.23. The lowest BCUT2D eigenvalue weighted by atomic mass is 10.0. The van der Waals surface area contributed by atoms with Gasteiger partial charge in [0.2, 0.25) is 0 Å². The maximum atomic E-state index is 13.5. The molecule has 0 radical (unpaired) electrons. The Hall–Kier alpha value is -1.68. The summed E-state index contributed by atoms with van der Waals surface area (Å²) in [5, 5.41) is 4.25. The number of hydrogen-bond donors (Lipinski definition) is 1. The Morgan fingerprint density at radius 2 is 2.12 bits per heavy atom. The van der Waals surface area contributed by atoms with Crippen LogP contribution in [-0.2, 0) is 13.5 Å². The van der Waals surface area contributed by atoms with Gasteiger partial charge in [-0.15, -0.1) is 0 Å². The summed E-state index contributed by atoms with van der Waals surface area (Å²) in [5.74, 6) is -0.251. The molecule has 2 aromatic rings. The fourth-order valence-electron chi connectivity index (χ4n) is 1.97. The van der Waals surface area contributed by atoms with Gasteiger partial charge in [-0.05, 0) is 19.1 Å². The summed E-state index contributed by atoms with van der Waals surface area (Å²) in [5.41, 5.74) is 8.53. The van der Waals surface area contributed by atoms with Crippen molar-refractivity contribution in [3.05, 3.63) is 53.1 Å². The van der Waals surface area contributed by atoms with E-state index in [1.165, 1.54) is 6.07 Å². The third-order valence-electron chi connectivity index (χ3n) is 2.83. The normalized spacial score (nSPS) is 12.7. The fraction of sp³-hybridized carbons (Fsp3) is 0.308. The highest BCUT2D eigenvalue weighted by Gasteiger charge is 2.13. The molecule has 1 unspecified atom stereocenters. The first-order valence-electron chi connectivity index (χ1n) is 5.57. The van der Waals surface area contributed by atoms with E-state index in [1.807, 2.05) is 20.0 Å². The molecule has 0 saturated heterocycles. The Kier molecular flexibility index (Phi) is 3.24. The number of aryl methyl sites for hydroxylation is 2. The van der Waals surface area contributed by atoms with Crippen LogP contribution in [0, 0.1) is 12.7 Å². The van der Waals surface area contributed by atoms with Gasteiger partial charge in [0.05, 0.1) is 5.69 Å². The molecule has 2 rings (SSSR count). The third kappa shape index (κ3) is 2.53. The van der Waals surface area contributed by atoms with Crippen LogP contribution in [-0.4, -0.2) is 9.78 Å². The predicted octanol–water partition coefficient (Wildman–Crippen LogP) is 2.11. The summed E-state index contributed by atoms with van der Waals surface area (Å²) in [6.45, 7) is 1.93. The molecule has 90 valence electrons. The van der Waals surface area contributed by atoms with Crippen LogP contribution in [0.25, 0.3) is 0 Å². The molecule has 2 N–H and O–H groups in total. The molecule has 1 aromatic heterocycles. The van der Waals surface area contributed by atoms with Crippen molar-refractivity contribution in [2.75, 3.05) is 0 Å². The highest BCUT2D eigenvalue weighted by Crippen LogP contribution is 2.19. The summed E-state index contributed by atoms with van der Waals surface area (Å²) in [6.07, 6.45) is 0.582. The molecule has 0 bridgehead atoms. The maximum absolute atomic E-state index is 13.5.